The SMILES string of the molecule is Cc1c([N+](=O)[O-])cnc(N2CCCCCC2C(=O)O)c1Br. The molecule has 0 saturated carbocycles. The number of carboxylic acids is 1. The van der Waals surface area contributed by atoms with E-state index in [1.54, 1.807) is 11.8 Å². The van der Waals surface area contributed by atoms with Crippen LogP contribution in [0, 0.1) is 17.0 Å². The van der Waals surface area contributed by atoms with Gasteiger partial charge in [-0.05, 0) is 35.7 Å². The second kappa shape index (κ2) is 6.38. The predicted molar refractivity (Wildman–Crippen MR) is 80.6 cm³/mol. The third-order valence-corrected chi connectivity index (χ3v) is 4.67. The minimum Gasteiger partial charge on any atom is -0.480 e. The fourth-order valence-electron chi connectivity index (χ4n) is 2.56. The highest BCUT2D eigenvalue weighted by Gasteiger charge is 2.31. The first-order valence-electron chi connectivity index (χ1n) is 6.72. The molecule has 114 valence electrons. The number of carboxylic acid groups (broad SMARTS) is 1. The molecule has 7 nitrogen and oxygen atoms in total. The Hall–Kier alpha value is -1.70. The van der Waals surface area contributed by atoms with Gasteiger partial charge in [0, 0.05) is 12.1 Å². The molecular weight excluding hydrogens is 342 g/mol. The molecule has 1 atom stereocenters. The Morgan fingerprint density at radius 3 is 2.86 bits per heavy atom. The summed E-state index contributed by atoms with van der Waals surface area (Å²) in [7, 11) is 0. The van der Waals surface area contributed by atoms with Gasteiger partial charge in [-0.1, -0.05) is 12.8 Å². The molecule has 1 aliphatic heterocycles. The van der Waals surface area contributed by atoms with Crippen LogP contribution in [0.2, 0.25) is 0 Å². The summed E-state index contributed by atoms with van der Waals surface area (Å²) in [6.07, 6.45) is 4.47. The molecule has 8 heteroatoms. The van der Waals surface area contributed by atoms with Crippen molar-refractivity contribution in [2.45, 2.75) is 38.6 Å². The average Bonchev–Trinajstić information content (AvgIpc) is 2.67. The average molecular weight is 358 g/mol. The number of nitro groups is 1. The lowest BCUT2D eigenvalue weighted by Gasteiger charge is -2.29. The van der Waals surface area contributed by atoms with Gasteiger partial charge in [0.2, 0.25) is 0 Å². The maximum atomic E-state index is 11.5. The van der Waals surface area contributed by atoms with E-state index in [-0.39, 0.29) is 5.69 Å². The molecule has 1 saturated heterocycles. The fraction of sp³-hybridized carbons (Fsp3) is 0.538. The Morgan fingerprint density at radius 1 is 1.52 bits per heavy atom. The van der Waals surface area contributed by atoms with Crippen molar-refractivity contribution >= 4 is 33.4 Å². The highest BCUT2D eigenvalue weighted by molar-refractivity contribution is 9.10. The zero-order valence-corrected chi connectivity index (χ0v) is 13.2. The molecule has 0 aliphatic carbocycles. The monoisotopic (exact) mass is 357 g/mol. The van der Waals surface area contributed by atoms with Gasteiger partial charge in [0.05, 0.1) is 9.40 Å². The summed E-state index contributed by atoms with van der Waals surface area (Å²) in [5, 5.41) is 20.3. The Labute approximate surface area is 130 Å². The smallest absolute Gasteiger partial charge is 0.326 e. The number of hydrogen-bond acceptors (Lipinski definition) is 5. The number of anilines is 1. The highest BCUT2D eigenvalue weighted by atomic mass is 79.9. The third-order valence-electron chi connectivity index (χ3n) is 3.73. The van der Waals surface area contributed by atoms with E-state index < -0.39 is 16.9 Å². The Morgan fingerprint density at radius 2 is 2.24 bits per heavy atom. The molecule has 0 bridgehead atoms. The normalized spacial score (nSPS) is 19.1. The topological polar surface area (TPSA) is 96.6 Å². The van der Waals surface area contributed by atoms with Crippen molar-refractivity contribution in [3.8, 4) is 0 Å². The number of carbonyl (C=O) groups is 1. The fourth-order valence-corrected chi connectivity index (χ4v) is 3.09. The van der Waals surface area contributed by atoms with Crippen LogP contribution in [0.1, 0.15) is 31.2 Å². The van der Waals surface area contributed by atoms with Crippen molar-refractivity contribution in [3.05, 3.63) is 26.3 Å². The first kappa shape index (κ1) is 15.7. The van der Waals surface area contributed by atoms with E-state index in [2.05, 4.69) is 20.9 Å². The van der Waals surface area contributed by atoms with Crippen LogP contribution in [0.3, 0.4) is 0 Å². The molecule has 1 aromatic heterocycles. The van der Waals surface area contributed by atoms with Crippen molar-refractivity contribution in [1.82, 2.24) is 4.98 Å². The van der Waals surface area contributed by atoms with E-state index in [0.29, 0.717) is 28.8 Å². The maximum Gasteiger partial charge on any atom is 0.326 e. The molecule has 1 fully saturated rings. The van der Waals surface area contributed by atoms with Gasteiger partial charge in [-0.2, -0.15) is 0 Å². The molecule has 0 radical (unpaired) electrons. The molecule has 0 aromatic carbocycles. The summed E-state index contributed by atoms with van der Waals surface area (Å²) in [5.41, 5.74) is 0.380. The zero-order valence-electron chi connectivity index (χ0n) is 11.6. The number of hydrogen-bond donors (Lipinski definition) is 1. The van der Waals surface area contributed by atoms with Crippen LogP contribution < -0.4 is 4.90 Å². The summed E-state index contributed by atoms with van der Waals surface area (Å²) in [4.78, 5) is 27.8. The number of halogens is 1. The quantitative estimate of drug-likeness (QED) is 0.659. The Kier molecular flexibility index (Phi) is 4.76. The van der Waals surface area contributed by atoms with Crippen LogP contribution in [0.5, 0.6) is 0 Å². The maximum absolute atomic E-state index is 11.5. The zero-order chi connectivity index (χ0) is 15.6. The van der Waals surface area contributed by atoms with Gasteiger partial charge in [0.25, 0.3) is 5.69 Å². The van der Waals surface area contributed by atoms with Crippen molar-refractivity contribution in [3.63, 3.8) is 0 Å². The molecule has 2 heterocycles. The number of aliphatic carboxylic acids is 1. The van der Waals surface area contributed by atoms with Gasteiger partial charge in [-0.15, -0.1) is 0 Å². The lowest BCUT2D eigenvalue weighted by Crippen LogP contribution is -2.41. The van der Waals surface area contributed by atoms with Gasteiger partial charge in [0.15, 0.2) is 0 Å². The van der Waals surface area contributed by atoms with E-state index in [1.807, 2.05) is 0 Å². The molecule has 0 spiro atoms. The lowest BCUT2D eigenvalue weighted by atomic mass is 10.1. The minimum atomic E-state index is -0.887. The number of rotatable bonds is 3. The predicted octanol–water partition coefficient (Wildman–Crippen LogP) is 2.89. The van der Waals surface area contributed by atoms with Gasteiger partial charge in [-0.25, -0.2) is 9.78 Å². The van der Waals surface area contributed by atoms with Crippen LogP contribution >= 0.6 is 15.9 Å². The van der Waals surface area contributed by atoms with Gasteiger partial charge in [0.1, 0.15) is 18.1 Å². The molecular formula is C13H16BrN3O4. The van der Waals surface area contributed by atoms with Crippen LogP contribution in [0.4, 0.5) is 11.5 Å². The van der Waals surface area contributed by atoms with Crippen molar-refractivity contribution in [1.29, 1.82) is 0 Å². The summed E-state index contributed by atoms with van der Waals surface area (Å²) < 4.78 is 0.491. The molecule has 1 aliphatic rings. The van der Waals surface area contributed by atoms with Crippen LogP contribution in [0.25, 0.3) is 0 Å². The molecule has 0 amide bonds. The van der Waals surface area contributed by atoms with Gasteiger partial charge >= 0.3 is 5.97 Å². The minimum absolute atomic E-state index is 0.0766. The van der Waals surface area contributed by atoms with E-state index >= 15 is 0 Å². The van der Waals surface area contributed by atoms with Crippen molar-refractivity contribution in [2.24, 2.45) is 0 Å². The Balaban J connectivity index is 2.45. The summed E-state index contributed by atoms with van der Waals surface area (Å²) in [5.74, 6) is -0.422. The van der Waals surface area contributed by atoms with Crippen LogP contribution in [-0.4, -0.2) is 33.6 Å². The standard InChI is InChI=1S/C13H16BrN3O4/c1-8-10(17(20)21)7-15-12(11(8)14)16-6-4-2-3-5-9(16)13(18)19/h7,9H,2-6H2,1H3,(H,18,19). The molecule has 1 unspecified atom stereocenters. The van der Waals surface area contributed by atoms with E-state index in [9.17, 15) is 20.0 Å². The first-order valence-corrected chi connectivity index (χ1v) is 7.51. The number of nitrogens with zero attached hydrogens (tertiary/aromatic N) is 3. The van der Waals surface area contributed by atoms with Crippen LogP contribution in [-0.2, 0) is 4.79 Å². The van der Waals surface area contributed by atoms with Gasteiger partial charge in [-0.3, -0.25) is 10.1 Å². The van der Waals surface area contributed by atoms with Crippen molar-refractivity contribution in [2.75, 3.05) is 11.4 Å². The number of aromatic nitrogens is 1. The summed E-state index contributed by atoms with van der Waals surface area (Å²) >= 11 is 3.34. The largest absolute Gasteiger partial charge is 0.480 e. The molecule has 21 heavy (non-hydrogen) atoms. The third kappa shape index (κ3) is 3.15. The molecule has 2 rings (SSSR count). The van der Waals surface area contributed by atoms with Crippen LogP contribution in [0.15, 0.2) is 10.7 Å². The first-order chi connectivity index (χ1) is 9.93. The second-order valence-corrected chi connectivity index (χ2v) is 5.85. The molecule has 1 aromatic rings. The van der Waals surface area contributed by atoms with E-state index in [0.717, 1.165) is 19.3 Å². The summed E-state index contributed by atoms with van der Waals surface area (Å²) in [6.45, 7) is 2.21. The Bertz CT molecular complexity index is 579. The van der Waals surface area contributed by atoms with Crippen molar-refractivity contribution < 1.29 is 14.8 Å². The lowest BCUT2D eigenvalue weighted by molar-refractivity contribution is -0.385. The number of pyridine rings is 1. The molecule has 1 N–H and O–H groups in total. The highest BCUT2D eigenvalue weighted by Crippen LogP contribution is 2.35. The summed E-state index contributed by atoms with van der Waals surface area (Å²) in [6, 6.07) is -0.642. The van der Waals surface area contributed by atoms with Gasteiger partial charge < -0.3 is 10.0 Å². The van der Waals surface area contributed by atoms with E-state index in [4.69, 9.17) is 0 Å². The second-order valence-electron chi connectivity index (χ2n) is 5.06. The van der Waals surface area contributed by atoms with E-state index in [1.165, 1.54) is 6.20 Å².